The van der Waals surface area contributed by atoms with Crippen LogP contribution in [-0.4, -0.2) is 16.1 Å². The first-order valence-corrected chi connectivity index (χ1v) is 5.95. The number of benzene rings is 2. The maximum atomic E-state index is 13.9. The van der Waals surface area contributed by atoms with Gasteiger partial charge in [0.1, 0.15) is 16.9 Å². The highest BCUT2D eigenvalue weighted by atomic mass is 19.1. The van der Waals surface area contributed by atoms with E-state index < -0.39 is 11.8 Å². The molecule has 0 saturated carbocycles. The number of halogens is 1. The third-order valence-electron chi connectivity index (χ3n) is 3.00. The smallest absolute Gasteiger partial charge is 0.339 e. The first-order valence-electron chi connectivity index (χ1n) is 5.95. The standard InChI is InChI=1S/C15H10FNO3/c1-8-5-6-9(11(16)7-8)14-17-12-4-2-3-10(15(18)19)13(12)20-14/h2-7H,1H3,(H,18,19). The zero-order chi connectivity index (χ0) is 14.3. The second kappa shape index (κ2) is 4.45. The Morgan fingerprint density at radius 3 is 2.80 bits per heavy atom. The fourth-order valence-electron chi connectivity index (χ4n) is 2.03. The molecular weight excluding hydrogens is 261 g/mol. The highest BCUT2D eigenvalue weighted by molar-refractivity contribution is 6.00. The molecular formula is C15H10FNO3. The molecule has 5 heteroatoms. The van der Waals surface area contributed by atoms with Gasteiger partial charge >= 0.3 is 5.97 Å². The van der Waals surface area contributed by atoms with Gasteiger partial charge in [-0.25, -0.2) is 14.2 Å². The number of para-hydroxylation sites is 1. The summed E-state index contributed by atoms with van der Waals surface area (Å²) in [6.45, 7) is 1.78. The number of aromatic nitrogens is 1. The summed E-state index contributed by atoms with van der Waals surface area (Å²) >= 11 is 0. The van der Waals surface area contributed by atoms with Gasteiger partial charge in [-0.2, -0.15) is 0 Å². The Morgan fingerprint density at radius 1 is 1.30 bits per heavy atom. The summed E-state index contributed by atoms with van der Waals surface area (Å²) in [6.07, 6.45) is 0. The molecule has 2 aromatic carbocycles. The fourth-order valence-corrected chi connectivity index (χ4v) is 2.03. The molecule has 20 heavy (non-hydrogen) atoms. The van der Waals surface area contributed by atoms with Gasteiger partial charge in [-0.1, -0.05) is 12.1 Å². The lowest BCUT2D eigenvalue weighted by atomic mass is 10.1. The summed E-state index contributed by atoms with van der Waals surface area (Å²) in [5.74, 6) is -1.48. The molecule has 0 unspecified atom stereocenters. The summed E-state index contributed by atoms with van der Waals surface area (Å²) in [5.41, 5.74) is 1.54. The second-order valence-electron chi connectivity index (χ2n) is 4.46. The summed E-state index contributed by atoms with van der Waals surface area (Å²) in [4.78, 5) is 15.3. The lowest BCUT2D eigenvalue weighted by Crippen LogP contribution is -1.95. The van der Waals surface area contributed by atoms with Crippen molar-refractivity contribution in [2.24, 2.45) is 0 Å². The van der Waals surface area contributed by atoms with Crippen LogP contribution in [0.1, 0.15) is 15.9 Å². The molecule has 4 nitrogen and oxygen atoms in total. The van der Waals surface area contributed by atoms with E-state index in [0.29, 0.717) is 5.52 Å². The van der Waals surface area contributed by atoms with Gasteiger partial charge in [0.25, 0.3) is 0 Å². The average molecular weight is 271 g/mol. The van der Waals surface area contributed by atoms with Crippen molar-refractivity contribution in [1.29, 1.82) is 0 Å². The van der Waals surface area contributed by atoms with Crippen LogP contribution in [-0.2, 0) is 0 Å². The molecule has 0 amide bonds. The predicted octanol–water partition coefficient (Wildman–Crippen LogP) is 3.64. The van der Waals surface area contributed by atoms with Crippen LogP contribution in [0, 0.1) is 12.7 Å². The van der Waals surface area contributed by atoms with Crippen LogP contribution >= 0.6 is 0 Å². The van der Waals surface area contributed by atoms with E-state index in [9.17, 15) is 9.18 Å². The molecule has 0 aliphatic rings. The van der Waals surface area contributed by atoms with Crippen molar-refractivity contribution in [1.82, 2.24) is 4.98 Å². The predicted molar refractivity (Wildman–Crippen MR) is 71.1 cm³/mol. The van der Waals surface area contributed by atoms with Crippen LogP contribution in [0.5, 0.6) is 0 Å². The normalized spacial score (nSPS) is 10.9. The number of hydrogen-bond acceptors (Lipinski definition) is 3. The fraction of sp³-hybridized carbons (Fsp3) is 0.0667. The number of aromatic carboxylic acids is 1. The minimum absolute atomic E-state index is 0.00812. The Morgan fingerprint density at radius 2 is 2.10 bits per heavy atom. The van der Waals surface area contributed by atoms with Crippen molar-refractivity contribution in [3.8, 4) is 11.5 Å². The molecule has 3 rings (SSSR count). The largest absolute Gasteiger partial charge is 0.478 e. The molecule has 0 aliphatic carbocycles. The van der Waals surface area contributed by atoms with Gasteiger partial charge in [-0.3, -0.25) is 0 Å². The molecule has 1 N–H and O–H groups in total. The van der Waals surface area contributed by atoms with Crippen molar-refractivity contribution >= 4 is 17.1 Å². The summed E-state index contributed by atoms with van der Waals surface area (Å²) in [6, 6.07) is 9.30. The first kappa shape index (κ1) is 12.3. The van der Waals surface area contributed by atoms with Gasteiger partial charge in [0.05, 0.1) is 5.56 Å². The Hall–Kier alpha value is -2.69. The van der Waals surface area contributed by atoms with Crippen molar-refractivity contribution in [2.75, 3.05) is 0 Å². The van der Waals surface area contributed by atoms with Crippen LogP contribution in [0.4, 0.5) is 4.39 Å². The molecule has 0 radical (unpaired) electrons. The van der Waals surface area contributed by atoms with E-state index in [1.165, 1.54) is 12.1 Å². The van der Waals surface area contributed by atoms with Crippen molar-refractivity contribution in [3.05, 3.63) is 53.3 Å². The SMILES string of the molecule is Cc1ccc(-c2nc3cccc(C(=O)O)c3o2)c(F)c1. The molecule has 0 saturated heterocycles. The highest BCUT2D eigenvalue weighted by Gasteiger charge is 2.17. The lowest BCUT2D eigenvalue weighted by molar-refractivity contribution is 0.0698. The van der Waals surface area contributed by atoms with Crippen molar-refractivity contribution in [2.45, 2.75) is 6.92 Å². The van der Waals surface area contributed by atoms with Gasteiger partial charge in [0.2, 0.25) is 5.89 Å². The molecule has 3 aromatic rings. The molecule has 0 fully saturated rings. The zero-order valence-electron chi connectivity index (χ0n) is 10.6. The van der Waals surface area contributed by atoms with Crippen LogP contribution in [0.3, 0.4) is 0 Å². The Kier molecular flexibility index (Phi) is 2.75. The van der Waals surface area contributed by atoms with Gasteiger partial charge in [-0.15, -0.1) is 0 Å². The third-order valence-corrected chi connectivity index (χ3v) is 3.00. The molecule has 1 aromatic heterocycles. The summed E-state index contributed by atoms with van der Waals surface area (Å²) in [7, 11) is 0. The summed E-state index contributed by atoms with van der Waals surface area (Å²) < 4.78 is 19.3. The van der Waals surface area contributed by atoms with E-state index >= 15 is 0 Å². The van der Waals surface area contributed by atoms with Gasteiger partial charge in [-0.05, 0) is 36.8 Å². The third kappa shape index (κ3) is 1.93. The number of aryl methyl sites for hydroxylation is 1. The van der Waals surface area contributed by atoms with E-state index in [1.807, 2.05) is 0 Å². The van der Waals surface area contributed by atoms with Gasteiger partial charge in [0.15, 0.2) is 5.58 Å². The number of rotatable bonds is 2. The van der Waals surface area contributed by atoms with E-state index in [1.54, 1.807) is 31.2 Å². The quantitative estimate of drug-likeness (QED) is 0.772. The average Bonchev–Trinajstić information content (AvgIpc) is 2.81. The van der Waals surface area contributed by atoms with E-state index in [4.69, 9.17) is 9.52 Å². The van der Waals surface area contributed by atoms with Crippen molar-refractivity contribution in [3.63, 3.8) is 0 Å². The number of carboxylic acids is 1. The number of nitrogens with zero attached hydrogens (tertiary/aromatic N) is 1. The molecule has 0 atom stereocenters. The highest BCUT2D eigenvalue weighted by Crippen LogP contribution is 2.28. The van der Waals surface area contributed by atoms with Crippen LogP contribution in [0.15, 0.2) is 40.8 Å². The van der Waals surface area contributed by atoms with E-state index in [0.717, 1.165) is 5.56 Å². The number of oxazole rings is 1. The maximum absolute atomic E-state index is 13.9. The molecule has 0 aliphatic heterocycles. The van der Waals surface area contributed by atoms with Crippen molar-refractivity contribution < 1.29 is 18.7 Å². The van der Waals surface area contributed by atoms with Gasteiger partial charge < -0.3 is 9.52 Å². The lowest BCUT2D eigenvalue weighted by Gasteiger charge is -1.99. The topological polar surface area (TPSA) is 63.3 Å². The Labute approximate surface area is 113 Å². The summed E-state index contributed by atoms with van der Waals surface area (Å²) in [5, 5.41) is 9.09. The minimum Gasteiger partial charge on any atom is -0.478 e. The van der Waals surface area contributed by atoms with Crippen LogP contribution in [0.2, 0.25) is 0 Å². The van der Waals surface area contributed by atoms with E-state index in [-0.39, 0.29) is 22.6 Å². The molecule has 100 valence electrons. The molecule has 1 heterocycles. The Bertz CT molecular complexity index is 823. The monoisotopic (exact) mass is 271 g/mol. The molecule has 0 bridgehead atoms. The number of carboxylic acid groups (broad SMARTS) is 1. The van der Waals surface area contributed by atoms with Gasteiger partial charge in [0, 0.05) is 0 Å². The maximum Gasteiger partial charge on any atom is 0.339 e. The number of carbonyl (C=O) groups is 1. The zero-order valence-corrected chi connectivity index (χ0v) is 10.6. The van der Waals surface area contributed by atoms with Crippen LogP contribution in [0.25, 0.3) is 22.6 Å². The number of hydrogen-bond donors (Lipinski definition) is 1. The van der Waals surface area contributed by atoms with Crippen LogP contribution < -0.4 is 0 Å². The van der Waals surface area contributed by atoms with E-state index in [2.05, 4.69) is 4.98 Å². The molecule has 0 spiro atoms. The number of fused-ring (bicyclic) bond motifs is 1. The minimum atomic E-state index is -1.11. The first-order chi connectivity index (χ1) is 9.56. The Balaban J connectivity index is 2.23. The second-order valence-corrected chi connectivity index (χ2v) is 4.46.